The Morgan fingerprint density at radius 1 is 1.14 bits per heavy atom. The molecule has 0 saturated heterocycles. The summed E-state index contributed by atoms with van der Waals surface area (Å²) >= 11 is 0. The Labute approximate surface area is 128 Å². The fourth-order valence-electron chi connectivity index (χ4n) is 2.96. The molecule has 1 amide bonds. The predicted octanol–water partition coefficient (Wildman–Crippen LogP) is 3.94. The number of nitrogens with one attached hydrogen (secondary N) is 2. The average molecular weight is 288 g/mol. The van der Waals surface area contributed by atoms with Crippen LogP contribution in [0.2, 0.25) is 0 Å². The van der Waals surface area contributed by atoms with Gasteiger partial charge in [-0.05, 0) is 50.8 Å². The van der Waals surface area contributed by atoms with Crippen molar-refractivity contribution in [3.8, 4) is 0 Å². The maximum Gasteiger partial charge on any atom is 0.242 e. The molecule has 0 spiro atoms. The maximum absolute atomic E-state index is 12.4. The quantitative estimate of drug-likeness (QED) is 0.824. The highest BCUT2D eigenvalue weighted by molar-refractivity contribution is 5.84. The van der Waals surface area contributed by atoms with Gasteiger partial charge in [-0.2, -0.15) is 0 Å². The van der Waals surface area contributed by atoms with Gasteiger partial charge in [0.05, 0.1) is 0 Å². The standard InChI is InChI=1S/C18H28N2O/c1-13-9-8-12-17(14(13)2)19-15(3)18(21)20-16-10-6-4-5-7-11-16/h8-9,12,15-16,19H,4-7,10-11H2,1-3H3,(H,20,21). The number of hydrogen-bond donors (Lipinski definition) is 2. The monoisotopic (exact) mass is 288 g/mol. The van der Waals surface area contributed by atoms with Crippen LogP contribution in [0.15, 0.2) is 18.2 Å². The van der Waals surface area contributed by atoms with E-state index in [1.165, 1.54) is 36.8 Å². The lowest BCUT2D eigenvalue weighted by Gasteiger charge is -2.22. The number of carbonyl (C=O) groups excluding carboxylic acids is 1. The van der Waals surface area contributed by atoms with Crippen LogP contribution in [-0.2, 0) is 4.79 Å². The normalized spacial score (nSPS) is 17.9. The van der Waals surface area contributed by atoms with Crippen LogP contribution in [0.1, 0.15) is 56.6 Å². The van der Waals surface area contributed by atoms with Gasteiger partial charge in [0.1, 0.15) is 6.04 Å². The highest BCUT2D eigenvalue weighted by Crippen LogP contribution is 2.20. The van der Waals surface area contributed by atoms with Crippen molar-refractivity contribution in [2.24, 2.45) is 0 Å². The molecule has 0 aromatic heterocycles. The first kappa shape index (κ1) is 15.9. The molecule has 2 N–H and O–H groups in total. The minimum atomic E-state index is -0.200. The molecule has 2 rings (SSSR count). The highest BCUT2D eigenvalue weighted by atomic mass is 16.2. The van der Waals surface area contributed by atoms with E-state index in [-0.39, 0.29) is 11.9 Å². The molecule has 3 heteroatoms. The fraction of sp³-hybridized carbons (Fsp3) is 0.611. The molecule has 1 aliphatic rings. The van der Waals surface area contributed by atoms with Crippen molar-refractivity contribution < 1.29 is 4.79 Å². The van der Waals surface area contributed by atoms with Gasteiger partial charge in [0.2, 0.25) is 5.91 Å². The minimum absolute atomic E-state index is 0.114. The molecule has 1 aromatic carbocycles. The van der Waals surface area contributed by atoms with Crippen LogP contribution in [0.3, 0.4) is 0 Å². The number of hydrogen-bond acceptors (Lipinski definition) is 2. The van der Waals surface area contributed by atoms with Gasteiger partial charge >= 0.3 is 0 Å². The van der Waals surface area contributed by atoms with Crippen LogP contribution in [0.25, 0.3) is 0 Å². The largest absolute Gasteiger partial charge is 0.374 e. The summed E-state index contributed by atoms with van der Waals surface area (Å²) in [4.78, 5) is 12.4. The molecule has 1 atom stereocenters. The van der Waals surface area contributed by atoms with Crippen molar-refractivity contribution in [3.63, 3.8) is 0 Å². The number of aryl methyl sites for hydroxylation is 1. The lowest BCUT2D eigenvalue weighted by Crippen LogP contribution is -2.43. The minimum Gasteiger partial charge on any atom is -0.374 e. The van der Waals surface area contributed by atoms with Gasteiger partial charge < -0.3 is 10.6 Å². The summed E-state index contributed by atoms with van der Waals surface area (Å²) in [7, 11) is 0. The summed E-state index contributed by atoms with van der Waals surface area (Å²) in [5, 5.41) is 6.56. The summed E-state index contributed by atoms with van der Waals surface area (Å²) < 4.78 is 0. The van der Waals surface area contributed by atoms with Gasteiger partial charge in [0.25, 0.3) is 0 Å². The van der Waals surface area contributed by atoms with Gasteiger partial charge in [-0.15, -0.1) is 0 Å². The third kappa shape index (κ3) is 4.48. The molecule has 1 unspecified atom stereocenters. The smallest absolute Gasteiger partial charge is 0.242 e. The Kier molecular flexibility index (Phi) is 5.66. The van der Waals surface area contributed by atoms with Gasteiger partial charge in [-0.25, -0.2) is 0 Å². The number of rotatable bonds is 4. The summed E-state index contributed by atoms with van der Waals surface area (Å²) in [5.41, 5.74) is 3.52. The second kappa shape index (κ2) is 7.48. The molecule has 1 fully saturated rings. The van der Waals surface area contributed by atoms with E-state index in [1.54, 1.807) is 0 Å². The molecule has 3 nitrogen and oxygen atoms in total. The zero-order chi connectivity index (χ0) is 15.2. The molecule has 0 radical (unpaired) electrons. The topological polar surface area (TPSA) is 41.1 Å². The van der Waals surface area contributed by atoms with Crippen LogP contribution in [0, 0.1) is 13.8 Å². The third-order valence-corrected chi connectivity index (χ3v) is 4.57. The van der Waals surface area contributed by atoms with Crippen molar-refractivity contribution in [2.45, 2.75) is 71.4 Å². The summed E-state index contributed by atoms with van der Waals surface area (Å²) in [6, 6.07) is 6.33. The first-order valence-electron chi connectivity index (χ1n) is 8.21. The number of amides is 1. The lowest BCUT2D eigenvalue weighted by molar-refractivity contribution is -0.122. The van der Waals surface area contributed by atoms with E-state index < -0.39 is 0 Å². The van der Waals surface area contributed by atoms with Gasteiger partial charge in [-0.3, -0.25) is 4.79 Å². The first-order valence-corrected chi connectivity index (χ1v) is 8.21. The summed E-state index contributed by atoms with van der Waals surface area (Å²) in [6.45, 7) is 6.12. The second-order valence-corrected chi connectivity index (χ2v) is 6.31. The van der Waals surface area contributed by atoms with Gasteiger partial charge in [-0.1, -0.05) is 37.8 Å². The van der Waals surface area contributed by atoms with Crippen LogP contribution in [0.4, 0.5) is 5.69 Å². The number of anilines is 1. The molecule has 0 heterocycles. The van der Waals surface area contributed by atoms with E-state index in [9.17, 15) is 4.79 Å². The van der Waals surface area contributed by atoms with Crippen LogP contribution in [0.5, 0.6) is 0 Å². The summed E-state index contributed by atoms with van der Waals surface area (Å²) in [5.74, 6) is 0.114. The molecule has 1 aromatic rings. The van der Waals surface area contributed by atoms with Crippen molar-refractivity contribution in [1.29, 1.82) is 0 Å². The highest BCUT2D eigenvalue weighted by Gasteiger charge is 2.19. The fourth-order valence-corrected chi connectivity index (χ4v) is 2.96. The molecule has 0 aliphatic heterocycles. The zero-order valence-electron chi connectivity index (χ0n) is 13.5. The van der Waals surface area contributed by atoms with E-state index in [1.807, 2.05) is 19.1 Å². The van der Waals surface area contributed by atoms with Crippen molar-refractivity contribution in [2.75, 3.05) is 5.32 Å². The van der Waals surface area contributed by atoms with Crippen LogP contribution >= 0.6 is 0 Å². The Balaban J connectivity index is 1.91. The molecule has 1 aliphatic carbocycles. The molecular formula is C18H28N2O. The third-order valence-electron chi connectivity index (χ3n) is 4.57. The Bertz CT molecular complexity index is 476. The first-order chi connectivity index (χ1) is 10.1. The van der Waals surface area contributed by atoms with E-state index in [4.69, 9.17) is 0 Å². The van der Waals surface area contributed by atoms with Gasteiger partial charge in [0, 0.05) is 11.7 Å². The zero-order valence-corrected chi connectivity index (χ0v) is 13.5. The van der Waals surface area contributed by atoms with Crippen molar-refractivity contribution in [3.05, 3.63) is 29.3 Å². The SMILES string of the molecule is Cc1cccc(NC(C)C(=O)NC2CCCCCC2)c1C. The number of carbonyl (C=O) groups is 1. The second-order valence-electron chi connectivity index (χ2n) is 6.31. The maximum atomic E-state index is 12.4. The Morgan fingerprint density at radius 2 is 1.81 bits per heavy atom. The van der Waals surface area contributed by atoms with Crippen LogP contribution in [-0.4, -0.2) is 18.0 Å². The van der Waals surface area contributed by atoms with E-state index in [0.29, 0.717) is 6.04 Å². The molecular weight excluding hydrogens is 260 g/mol. The van der Waals surface area contributed by atoms with E-state index >= 15 is 0 Å². The van der Waals surface area contributed by atoms with Gasteiger partial charge in [0.15, 0.2) is 0 Å². The molecule has 21 heavy (non-hydrogen) atoms. The predicted molar refractivity (Wildman–Crippen MR) is 88.6 cm³/mol. The molecule has 0 bridgehead atoms. The molecule has 1 saturated carbocycles. The Hall–Kier alpha value is -1.51. The van der Waals surface area contributed by atoms with Crippen LogP contribution < -0.4 is 10.6 Å². The number of benzene rings is 1. The van der Waals surface area contributed by atoms with Crippen molar-refractivity contribution in [1.82, 2.24) is 5.32 Å². The lowest BCUT2D eigenvalue weighted by atomic mass is 10.1. The van der Waals surface area contributed by atoms with Crippen molar-refractivity contribution >= 4 is 11.6 Å². The van der Waals surface area contributed by atoms with E-state index in [2.05, 4.69) is 30.5 Å². The summed E-state index contributed by atoms with van der Waals surface area (Å²) in [6.07, 6.45) is 7.35. The van der Waals surface area contributed by atoms with E-state index in [0.717, 1.165) is 18.5 Å². The Morgan fingerprint density at radius 3 is 2.48 bits per heavy atom. The molecule has 116 valence electrons. The average Bonchev–Trinajstić information content (AvgIpc) is 2.72.